The quantitative estimate of drug-likeness (QED) is 0.413. The first kappa shape index (κ1) is 12.4. The molecule has 0 nitrogen and oxygen atoms in total. The number of fused-ring (bicyclic) bond motifs is 5. The molecule has 0 bridgehead atoms. The molecular weight excluding hydrogens is 252 g/mol. The van der Waals surface area contributed by atoms with E-state index in [1.807, 2.05) is 0 Å². The van der Waals surface area contributed by atoms with Gasteiger partial charge >= 0.3 is 0 Å². The summed E-state index contributed by atoms with van der Waals surface area (Å²) in [5.74, 6) is 0. The maximum absolute atomic E-state index is 2.38. The molecule has 0 heteroatoms. The summed E-state index contributed by atoms with van der Waals surface area (Å²) in [6, 6.07) is 24.6. The monoisotopic (exact) mass is 270 g/mol. The molecule has 4 aromatic rings. The van der Waals surface area contributed by atoms with Gasteiger partial charge in [0.2, 0.25) is 0 Å². The van der Waals surface area contributed by atoms with Gasteiger partial charge in [-0.2, -0.15) is 0 Å². The highest BCUT2D eigenvalue weighted by atomic mass is 14.1. The summed E-state index contributed by atoms with van der Waals surface area (Å²) >= 11 is 0. The normalized spacial score (nSPS) is 11.5. The Morgan fingerprint density at radius 2 is 1.48 bits per heavy atom. The molecule has 4 rings (SSSR count). The van der Waals surface area contributed by atoms with Crippen molar-refractivity contribution >= 4 is 32.3 Å². The minimum absolute atomic E-state index is 1.14. The molecule has 0 unspecified atom stereocenters. The van der Waals surface area contributed by atoms with E-state index in [1.54, 1.807) is 0 Å². The summed E-state index contributed by atoms with van der Waals surface area (Å²) in [4.78, 5) is 0. The molecule has 0 aliphatic carbocycles. The van der Waals surface area contributed by atoms with Gasteiger partial charge in [0, 0.05) is 0 Å². The molecule has 21 heavy (non-hydrogen) atoms. The molecule has 0 spiro atoms. The Bertz CT molecular complexity index is 948. The van der Waals surface area contributed by atoms with Crippen molar-refractivity contribution < 1.29 is 0 Å². The van der Waals surface area contributed by atoms with E-state index in [2.05, 4.69) is 73.7 Å². The Balaban J connectivity index is 2.16. The second kappa shape index (κ2) is 4.89. The minimum Gasteiger partial charge on any atom is -0.0651 e. The Kier molecular flexibility index (Phi) is 2.89. The van der Waals surface area contributed by atoms with Gasteiger partial charge in [-0.05, 0) is 50.4 Å². The van der Waals surface area contributed by atoms with Crippen molar-refractivity contribution in [1.82, 2.24) is 0 Å². The van der Waals surface area contributed by atoms with Crippen LogP contribution in [0, 0.1) is 0 Å². The number of rotatable bonds is 2. The molecule has 0 atom stereocenters. The number of aryl methyl sites for hydroxylation is 1. The first-order valence-corrected chi connectivity index (χ1v) is 7.70. The average Bonchev–Trinajstić information content (AvgIpc) is 2.75. The van der Waals surface area contributed by atoms with Crippen LogP contribution in [0.4, 0.5) is 0 Å². The standard InChI is InChI=1S/C21H18/c1-2-6-15-7-5-9-16-11-12-19-18-10-4-3-8-17(18)14-21(19)20(16)13-15/h3-5,7-14H,2,6H2,1H3. The van der Waals surface area contributed by atoms with Crippen LogP contribution in [0.3, 0.4) is 0 Å². The van der Waals surface area contributed by atoms with E-state index in [-0.39, 0.29) is 0 Å². The average molecular weight is 270 g/mol. The summed E-state index contributed by atoms with van der Waals surface area (Å²) < 4.78 is 0. The van der Waals surface area contributed by atoms with Gasteiger partial charge in [0.15, 0.2) is 0 Å². The third kappa shape index (κ3) is 1.99. The van der Waals surface area contributed by atoms with Crippen LogP contribution < -0.4 is 0 Å². The fourth-order valence-electron chi connectivity index (χ4n) is 3.33. The molecule has 0 aliphatic rings. The molecule has 0 radical (unpaired) electrons. The van der Waals surface area contributed by atoms with Crippen LogP contribution in [0.15, 0.2) is 66.7 Å². The number of hydrogen-bond acceptors (Lipinski definition) is 0. The van der Waals surface area contributed by atoms with Crippen molar-refractivity contribution in [3.63, 3.8) is 0 Å². The molecule has 0 saturated carbocycles. The van der Waals surface area contributed by atoms with Crippen LogP contribution >= 0.6 is 0 Å². The van der Waals surface area contributed by atoms with Crippen LogP contribution in [-0.2, 0) is 6.42 Å². The largest absolute Gasteiger partial charge is 0.0651 e. The third-order valence-electron chi connectivity index (χ3n) is 4.33. The van der Waals surface area contributed by atoms with Crippen LogP contribution in [0.5, 0.6) is 0 Å². The summed E-state index contributed by atoms with van der Waals surface area (Å²) in [5, 5.41) is 8.13. The topological polar surface area (TPSA) is 0 Å². The summed E-state index contributed by atoms with van der Waals surface area (Å²) in [6.45, 7) is 2.24. The Morgan fingerprint density at radius 3 is 2.38 bits per heavy atom. The summed E-state index contributed by atoms with van der Waals surface area (Å²) in [7, 11) is 0. The molecule has 0 amide bonds. The smallest absolute Gasteiger partial charge is 0.00929 e. The predicted molar refractivity (Wildman–Crippen MR) is 93.0 cm³/mol. The maximum atomic E-state index is 2.38. The van der Waals surface area contributed by atoms with E-state index in [0.29, 0.717) is 0 Å². The van der Waals surface area contributed by atoms with E-state index in [1.165, 1.54) is 44.3 Å². The number of hydrogen-bond donors (Lipinski definition) is 0. The highest BCUT2D eigenvalue weighted by Crippen LogP contribution is 2.33. The molecule has 0 N–H and O–H groups in total. The first-order valence-electron chi connectivity index (χ1n) is 7.70. The fraction of sp³-hybridized carbons (Fsp3) is 0.143. The Hall–Kier alpha value is -2.34. The zero-order valence-electron chi connectivity index (χ0n) is 12.3. The number of benzene rings is 2. The van der Waals surface area contributed by atoms with E-state index < -0.39 is 0 Å². The molecule has 0 heterocycles. The van der Waals surface area contributed by atoms with Gasteiger partial charge in [0.25, 0.3) is 0 Å². The van der Waals surface area contributed by atoms with E-state index >= 15 is 0 Å². The third-order valence-corrected chi connectivity index (χ3v) is 4.33. The van der Waals surface area contributed by atoms with E-state index in [4.69, 9.17) is 0 Å². The van der Waals surface area contributed by atoms with Gasteiger partial charge in [-0.1, -0.05) is 74.0 Å². The van der Waals surface area contributed by atoms with Crippen LogP contribution in [0.2, 0.25) is 0 Å². The van der Waals surface area contributed by atoms with Crippen molar-refractivity contribution in [3.8, 4) is 0 Å². The molecule has 0 saturated heterocycles. The van der Waals surface area contributed by atoms with Crippen molar-refractivity contribution in [3.05, 3.63) is 72.3 Å². The lowest BCUT2D eigenvalue weighted by Crippen LogP contribution is -1.78. The Labute approximate surface area is 125 Å². The lowest BCUT2D eigenvalue weighted by molar-refractivity contribution is 0.924. The van der Waals surface area contributed by atoms with Gasteiger partial charge < -0.3 is 0 Å². The minimum atomic E-state index is 1.14. The second-order valence-corrected chi connectivity index (χ2v) is 5.76. The van der Waals surface area contributed by atoms with Gasteiger partial charge in [-0.25, -0.2) is 0 Å². The van der Waals surface area contributed by atoms with Gasteiger partial charge in [-0.15, -0.1) is 0 Å². The highest BCUT2D eigenvalue weighted by molar-refractivity contribution is 6.20. The van der Waals surface area contributed by atoms with Crippen molar-refractivity contribution in [1.29, 1.82) is 0 Å². The lowest BCUT2D eigenvalue weighted by atomic mass is 10.1. The summed E-state index contributed by atoms with van der Waals surface area (Å²) in [6.07, 6.45) is 2.32. The van der Waals surface area contributed by atoms with Crippen LogP contribution in [-0.4, -0.2) is 0 Å². The van der Waals surface area contributed by atoms with Gasteiger partial charge in [-0.3, -0.25) is 0 Å². The SMILES string of the molecule is CCCc1cccc2ccc3c4ccccc4cc3c2c1. The molecule has 102 valence electrons. The van der Waals surface area contributed by atoms with Crippen molar-refractivity contribution in [2.75, 3.05) is 0 Å². The zero-order chi connectivity index (χ0) is 14.2. The summed E-state index contributed by atoms with van der Waals surface area (Å²) in [5.41, 5.74) is 1.42. The van der Waals surface area contributed by atoms with Crippen molar-refractivity contribution in [2.24, 2.45) is 0 Å². The van der Waals surface area contributed by atoms with E-state index in [0.717, 1.165) is 6.42 Å². The molecule has 4 aromatic carbocycles. The Morgan fingerprint density at radius 1 is 0.619 bits per heavy atom. The fourth-order valence-corrected chi connectivity index (χ4v) is 3.33. The van der Waals surface area contributed by atoms with E-state index in [9.17, 15) is 0 Å². The van der Waals surface area contributed by atoms with Crippen LogP contribution in [0.25, 0.3) is 32.3 Å². The molecular formula is C21H18. The predicted octanol–water partition coefficient (Wildman–Crippen LogP) is 6.10. The van der Waals surface area contributed by atoms with Crippen LogP contribution in [0.1, 0.15) is 18.9 Å². The van der Waals surface area contributed by atoms with Gasteiger partial charge in [0.1, 0.15) is 0 Å². The van der Waals surface area contributed by atoms with Crippen molar-refractivity contribution in [2.45, 2.75) is 19.8 Å². The highest BCUT2D eigenvalue weighted by Gasteiger charge is 2.06. The molecule has 0 aromatic heterocycles. The molecule has 0 fully saturated rings. The van der Waals surface area contributed by atoms with Gasteiger partial charge in [0.05, 0.1) is 0 Å². The second-order valence-electron chi connectivity index (χ2n) is 5.76. The zero-order valence-corrected chi connectivity index (χ0v) is 12.3. The lowest BCUT2D eigenvalue weighted by Gasteiger charge is -1.99. The molecule has 0 aliphatic heterocycles. The first-order chi connectivity index (χ1) is 10.4. The maximum Gasteiger partial charge on any atom is -0.00929 e.